The normalized spacial score (nSPS) is 10.4. The minimum Gasteiger partial charge on any atom is -0.489 e. The van der Waals surface area contributed by atoms with Gasteiger partial charge in [-0.3, -0.25) is 10.1 Å². The van der Waals surface area contributed by atoms with Gasteiger partial charge in [0.2, 0.25) is 5.82 Å². The summed E-state index contributed by atoms with van der Waals surface area (Å²) < 4.78 is 32.4. The van der Waals surface area contributed by atoms with Crippen molar-refractivity contribution in [1.82, 2.24) is 0 Å². The van der Waals surface area contributed by atoms with E-state index in [2.05, 4.69) is 0 Å². The fourth-order valence-corrected chi connectivity index (χ4v) is 1.92. The van der Waals surface area contributed by atoms with E-state index >= 15 is 0 Å². The summed E-state index contributed by atoms with van der Waals surface area (Å²) in [6.45, 7) is -0.251. The summed E-state index contributed by atoms with van der Waals surface area (Å²) in [6, 6.07) is 7.69. The van der Waals surface area contributed by atoms with Crippen LogP contribution in [0.5, 0.6) is 5.75 Å². The summed E-state index contributed by atoms with van der Waals surface area (Å²) in [5, 5.41) is 10.6. The molecule has 0 fully saturated rings. The van der Waals surface area contributed by atoms with Crippen LogP contribution in [0.15, 0.2) is 36.4 Å². The van der Waals surface area contributed by atoms with Crippen LogP contribution < -0.4 is 4.74 Å². The first-order valence-corrected chi connectivity index (χ1v) is 6.44. The van der Waals surface area contributed by atoms with Gasteiger partial charge in [-0.05, 0) is 17.7 Å². The molecule has 0 heterocycles. The minimum atomic E-state index is -0.962. The first-order chi connectivity index (χ1) is 10.0. The molecule has 0 bridgehead atoms. The van der Waals surface area contributed by atoms with Crippen molar-refractivity contribution >= 4 is 17.3 Å². The minimum absolute atomic E-state index is 0.0147. The second-order valence-corrected chi connectivity index (χ2v) is 4.49. The molecule has 0 aromatic heterocycles. The zero-order valence-corrected chi connectivity index (χ0v) is 11.4. The molecule has 0 saturated heterocycles. The Morgan fingerprint density at radius 2 is 2.00 bits per heavy atom. The van der Waals surface area contributed by atoms with Crippen molar-refractivity contribution in [3.63, 3.8) is 0 Å². The molecule has 2 aromatic carbocycles. The van der Waals surface area contributed by atoms with Crippen LogP contribution in [-0.4, -0.2) is 4.92 Å². The number of rotatable bonds is 5. The number of ether oxygens (including phenoxy) is 1. The van der Waals surface area contributed by atoms with Gasteiger partial charge in [0.25, 0.3) is 0 Å². The summed E-state index contributed by atoms with van der Waals surface area (Å²) in [4.78, 5) is 9.82. The van der Waals surface area contributed by atoms with Gasteiger partial charge in [-0.1, -0.05) is 12.1 Å². The van der Waals surface area contributed by atoms with E-state index < -0.39 is 22.2 Å². The molecular weight excluding hydrogens is 304 g/mol. The zero-order valence-electron chi connectivity index (χ0n) is 10.7. The standard InChI is InChI=1S/C14H10ClF2NO3/c15-7-9-4-11(16)6-12(5-9)21-8-10-2-1-3-13(14(10)17)18(19)20/h1-6H,7-8H2. The Kier molecular flexibility index (Phi) is 4.70. The molecule has 2 aromatic rings. The van der Waals surface area contributed by atoms with Gasteiger partial charge in [0, 0.05) is 23.6 Å². The summed E-state index contributed by atoms with van der Waals surface area (Å²) >= 11 is 5.61. The molecular formula is C14H10ClF2NO3. The van der Waals surface area contributed by atoms with Crippen molar-refractivity contribution in [3.05, 3.63) is 69.3 Å². The largest absolute Gasteiger partial charge is 0.489 e. The van der Waals surface area contributed by atoms with Crippen LogP contribution >= 0.6 is 11.6 Å². The fourth-order valence-electron chi connectivity index (χ4n) is 1.76. The third-order valence-electron chi connectivity index (χ3n) is 2.73. The SMILES string of the molecule is O=[N+]([O-])c1cccc(COc2cc(F)cc(CCl)c2)c1F. The molecule has 0 unspecified atom stereocenters. The van der Waals surface area contributed by atoms with Gasteiger partial charge < -0.3 is 4.74 Å². The van der Waals surface area contributed by atoms with E-state index in [9.17, 15) is 18.9 Å². The molecule has 0 saturated carbocycles. The zero-order chi connectivity index (χ0) is 15.4. The maximum Gasteiger partial charge on any atom is 0.305 e. The van der Waals surface area contributed by atoms with Crippen molar-refractivity contribution in [1.29, 1.82) is 0 Å². The second-order valence-electron chi connectivity index (χ2n) is 4.22. The average molecular weight is 314 g/mol. The Bertz CT molecular complexity index is 679. The van der Waals surface area contributed by atoms with E-state index in [1.54, 1.807) is 0 Å². The van der Waals surface area contributed by atoms with Crippen molar-refractivity contribution in [2.45, 2.75) is 12.5 Å². The summed E-state index contributed by atoms with van der Waals surface area (Å²) in [5.74, 6) is -1.20. The molecule has 7 heteroatoms. The number of hydrogen-bond acceptors (Lipinski definition) is 3. The molecule has 0 aliphatic rings. The first-order valence-electron chi connectivity index (χ1n) is 5.91. The molecule has 0 aliphatic carbocycles. The van der Waals surface area contributed by atoms with Crippen molar-refractivity contribution < 1.29 is 18.4 Å². The van der Waals surface area contributed by atoms with Crippen molar-refractivity contribution in [2.24, 2.45) is 0 Å². The average Bonchev–Trinajstić information content (AvgIpc) is 2.45. The predicted molar refractivity (Wildman–Crippen MR) is 73.3 cm³/mol. The van der Waals surface area contributed by atoms with Crippen LogP contribution in [0.1, 0.15) is 11.1 Å². The highest BCUT2D eigenvalue weighted by Gasteiger charge is 2.17. The maximum atomic E-state index is 13.8. The summed E-state index contributed by atoms with van der Waals surface area (Å²) in [6.07, 6.45) is 0. The van der Waals surface area contributed by atoms with Gasteiger partial charge in [0.05, 0.1) is 4.92 Å². The van der Waals surface area contributed by atoms with Crippen molar-refractivity contribution in [3.8, 4) is 5.75 Å². The van der Waals surface area contributed by atoms with Gasteiger partial charge in [-0.25, -0.2) is 4.39 Å². The van der Waals surface area contributed by atoms with Crippen LogP contribution in [0.25, 0.3) is 0 Å². The predicted octanol–water partition coefficient (Wildman–Crippen LogP) is 4.19. The van der Waals surface area contributed by atoms with Gasteiger partial charge in [0.1, 0.15) is 18.2 Å². The highest BCUT2D eigenvalue weighted by atomic mass is 35.5. The number of nitro benzene ring substituents is 1. The van der Waals surface area contributed by atoms with E-state index in [1.807, 2.05) is 0 Å². The Labute approximate surface area is 124 Å². The lowest BCUT2D eigenvalue weighted by Crippen LogP contribution is -2.02. The number of nitro groups is 1. The van der Waals surface area contributed by atoms with E-state index in [1.165, 1.54) is 24.3 Å². The lowest BCUT2D eigenvalue weighted by atomic mass is 10.2. The number of benzene rings is 2. The Morgan fingerprint density at radius 3 is 2.67 bits per heavy atom. The van der Waals surface area contributed by atoms with E-state index in [-0.39, 0.29) is 23.8 Å². The Morgan fingerprint density at radius 1 is 1.24 bits per heavy atom. The highest BCUT2D eigenvalue weighted by Crippen LogP contribution is 2.23. The summed E-state index contributed by atoms with van der Waals surface area (Å²) in [7, 11) is 0. The number of hydrogen-bond donors (Lipinski definition) is 0. The lowest BCUT2D eigenvalue weighted by Gasteiger charge is -2.08. The van der Waals surface area contributed by atoms with Crippen LogP contribution in [-0.2, 0) is 12.5 Å². The third kappa shape index (κ3) is 3.66. The first kappa shape index (κ1) is 15.2. The number of nitrogens with zero attached hydrogens (tertiary/aromatic N) is 1. The highest BCUT2D eigenvalue weighted by molar-refractivity contribution is 6.17. The smallest absolute Gasteiger partial charge is 0.305 e. The third-order valence-corrected chi connectivity index (χ3v) is 3.04. The van der Waals surface area contributed by atoms with Gasteiger partial charge >= 0.3 is 5.69 Å². The number of alkyl halides is 1. The van der Waals surface area contributed by atoms with Crippen LogP contribution in [0.3, 0.4) is 0 Å². The molecule has 0 atom stereocenters. The molecule has 0 aliphatic heterocycles. The molecule has 2 rings (SSSR count). The van der Waals surface area contributed by atoms with E-state index in [0.717, 1.165) is 12.1 Å². The lowest BCUT2D eigenvalue weighted by molar-refractivity contribution is -0.387. The van der Waals surface area contributed by atoms with Gasteiger partial charge in [-0.2, -0.15) is 4.39 Å². The van der Waals surface area contributed by atoms with E-state index in [4.69, 9.17) is 16.3 Å². The quantitative estimate of drug-likeness (QED) is 0.472. The van der Waals surface area contributed by atoms with Crippen molar-refractivity contribution in [2.75, 3.05) is 0 Å². The summed E-state index contributed by atoms with van der Waals surface area (Å²) in [5.41, 5.74) is -0.0937. The van der Waals surface area contributed by atoms with Crippen LogP contribution in [0.4, 0.5) is 14.5 Å². The fraction of sp³-hybridized carbons (Fsp3) is 0.143. The molecule has 4 nitrogen and oxygen atoms in total. The van der Waals surface area contributed by atoms with Crippen LogP contribution in [0.2, 0.25) is 0 Å². The molecule has 21 heavy (non-hydrogen) atoms. The van der Waals surface area contributed by atoms with Gasteiger partial charge in [0.15, 0.2) is 0 Å². The Balaban J connectivity index is 2.19. The molecule has 0 amide bonds. The maximum absolute atomic E-state index is 13.8. The van der Waals surface area contributed by atoms with Gasteiger partial charge in [-0.15, -0.1) is 11.6 Å². The molecule has 0 radical (unpaired) electrons. The number of halogens is 3. The molecule has 0 spiro atoms. The van der Waals surface area contributed by atoms with E-state index in [0.29, 0.717) is 5.56 Å². The second kappa shape index (κ2) is 6.49. The Hall–Kier alpha value is -2.21. The molecule has 0 N–H and O–H groups in total. The topological polar surface area (TPSA) is 52.4 Å². The molecule has 110 valence electrons. The monoisotopic (exact) mass is 313 g/mol. The van der Waals surface area contributed by atoms with Crippen LogP contribution in [0, 0.1) is 21.7 Å².